The van der Waals surface area contributed by atoms with E-state index in [9.17, 15) is 4.79 Å². The molecule has 0 radical (unpaired) electrons. The van der Waals surface area contributed by atoms with Gasteiger partial charge in [-0.3, -0.25) is 4.79 Å². The van der Waals surface area contributed by atoms with Gasteiger partial charge in [-0.2, -0.15) is 0 Å². The van der Waals surface area contributed by atoms with E-state index < -0.39 is 0 Å². The summed E-state index contributed by atoms with van der Waals surface area (Å²) in [5, 5.41) is 3.75. The zero-order chi connectivity index (χ0) is 13.0. The lowest BCUT2D eigenvalue weighted by atomic mass is 10.2. The summed E-state index contributed by atoms with van der Waals surface area (Å²) in [6.45, 7) is 5.51. The van der Waals surface area contributed by atoms with E-state index >= 15 is 0 Å². The number of hydrogen-bond acceptors (Lipinski definition) is 1. The van der Waals surface area contributed by atoms with Crippen LogP contribution < -0.4 is 5.32 Å². The van der Waals surface area contributed by atoms with Crippen LogP contribution in [0.2, 0.25) is 5.02 Å². The second-order valence-corrected chi connectivity index (χ2v) is 5.61. The molecule has 98 valence electrons. The Labute approximate surface area is 113 Å². The van der Waals surface area contributed by atoms with Crippen LogP contribution in [0.1, 0.15) is 25.3 Å². The molecule has 1 aromatic rings. The molecule has 2 rings (SSSR count). The number of nitrogens with zero attached hydrogens (tertiary/aromatic N) is 1. The van der Waals surface area contributed by atoms with Gasteiger partial charge in [-0.1, -0.05) is 23.7 Å². The van der Waals surface area contributed by atoms with Crippen molar-refractivity contribution in [1.29, 1.82) is 0 Å². The smallest absolute Gasteiger partial charge is 0.221 e. The van der Waals surface area contributed by atoms with Crippen LogP contribution in [0.25, 0.3) is 0 Å². The van der Waals surface area contributed by atoms with Gasteiger partial charge in [0.2, 0.25) is 5.91 Å². The average Bonchev–Trinajstić information content (AvgIpc) is 2.76. The number of nitrogens with one attached hydrogen (secondary N) is 1. The summed E-state index contributed by atoms with van der Waals surface area (Å²) in [6, 6.07) is 8.02. The van der Waals surface area contributed by atoms with E-state index in [2.05, 4.69) is 11.4 Å². The lowest BCUT2D eigenvalue weighted by Gasteiger charge is -2.34. The Kier molecular flexibility index (Phi) is 4.25. The van der Waals surface area contributed by atoms with Gasteiger partial charge in [0.15, 0.2) is 6.67 Å². The number of halogens is 1. The highest BCUT2D eigenvalue weighted by molar-refractivity contribution is 6.30. The molecule has 0 atom stereocenters. The number of likely N-dealkylation sites (tertiary alicyclic amines) is 1. The second-order valence-electron chi connectivity index (χ2n) is 5.18. The lowest BCUT2D eigenvalue weighted by molar-refractivity contribution is -0.931. The van der Waals surface area contributed by atoms with Crippen LogP contribution in [0, 0.1) is 0 Å². The summed E-state index contributed by atoms with van der Waals surface area (Å²) in [7, 11) is 0. The number of benzene rings is 1. The van der Waals surface area contributed by atoms with Crippen molar-refractivity contribution in [2.24, 2.45) is 0 Å². The van der Waals surface area contributed by atoms with Crippen LogP contribution >= 0.6 is 11.6 Å². The maximum Gasteiger partial charge on any atom is 0.221 e. The minimum absolute atomic E-state index is 0.0468. The van der Waals surface area contributed by atoms with E-state index in [0.717, 1.165) is 35.8 Å². The molecule has 1 saturated heterocycles. The molecule has 1 amide bonds. The maximum atomic E-state index is 11.1. The first-order valence-electron chi connectivity index (χ1n) is 6.44. The predicted octanol–water partition coefficient (Wildman–Crippen LogP) is 2.54. The molecule has 1 N–H and O–H groups in total. The summed E-state index contributed by atoms with van der Waals surface area (Å²) in [5.41, 5.74) is 1.25. The number of carbonyl (C=O) groups excluding carboxylic acids is 1. The van der Waals surface area contributed by atoms with Crippen molar-refractivity contribution in [3.8, 4) is 0 Å². The molecule has 0 spiro atoms. The van der Waals surface area contributed by atoms with E-state index in [0.29, 0.717) is 0 Å². The molecular formula is C14H20ClN2O+. The predicted molar refractivity (Wildman–Crippen MR) is 73.1 cm³/mol. The molecule has 1 heterocycles. The molecule has 1 aliphatic heterocycles. The first-order chi connectivity index (χ1) is 8.60. The van der Waals surface area contributed by atoms with Crippen molar-refractivity contribution in [3.05, 3.63) is 34.9 Å². The van der Waals surface area contributed by atoms with Crippen molar-refractivity contribution in [3.63, 3.8) is 0 Å². The third-order valence-corrected chi connectivity index (χ3v) is 3.82. The summed E-state index contributed by atoms with van der Waals surface area (Å²) >= 11 is 6.03. The normalized spacial score (nSPS) is 17.7. The fraction of sp³-hybridized carbons (Fsp3) is 0.500. The summed E-state index contributed by atoms with van der Waals surface area (Å²) < 4.78 is 0.944. The van der Waals surface area contributed by atoms with Crippen LogP contribution in [0.3, 0.4) is 0 Å². The van der Waals surface area contributed by atoms with Gasteiger partial charge in [0.1, 0.15) is 6.54 Å². The summed E-state index contributed by atoms with van der Waals surface area (Å²) in [6.07, 6.45) is 2.47. The molecule has 0 bridgehead atoms. The number of amides is 1. The molecule has 0 aromatic heterocycles. The van der Waals surface area contributed by atoms with Crippen molar-refractivity contribution < 1.29 is 9.28 Å². The third-order valence-electron chi connectivity index (χ3n) is 3.59. The topological polar surface area (TPSA) is 29.1 Å². The van der Waals surface area contributed by atoms with Crippen LogP contribution in [0.5, 0.6) is 0 Å². The molecule has 4 heteroatoms. The molecule has 1 fully saturated rings. The highest BCUT2D eigenvalue weighted by atomic mass is 35.5. The quantitative estimate of drug-likeness (QED) is 0.835. The van der Waals surface area contributed by atoms with Crippen molar-refractivity contribution >= 4 is 17.5 Å². The Balaban J connectivity index is 2.08. The first-order valence-corrected chi connectivity index (χ1v) is 6.81. The van der Waals surface area contributed by atoms with Crippen molar-refractivity contribution in [2.45, 2.75) is 26.3 Å². The largest absolute Gasteiger partial charge is 0.310 e. The maximum absolute atomic E-state index is 11.1. The van der Waals surface area contributed by atoms with Crippen molar-refractivity contribution in [2.75, 3.05) is 19.8 Å². The number of rotatable bonds is 4. The highest BCUT2D eigenvalue weighted by Gasteiger charge is 2.32. The summed E-state index contributed by atoms with van der Waals surface area (Å²) in [5.74, 6) is 0.0468. The van der Waals surface area contributed by atoms with Gasteiger partial charge in [0, 0.05) is 30.4 Å². The van der Waals surface area contributed by atoms with Gasteiger partial charge in [-0.05, 0) is 12.1 Å². The lowest BCUT2D eigenvalue weighted by Crippen LogP contribution is -2.51. The molecular weight excluding hydrogens is 248 g/mol. The Bertz CT molecular complexity index is 428. The van der Waals surface area contributed by atoms with Gasteiger partial charge in [-0.15, -0.1) is 0 Å². The van der Waals surface area contributed by atoms with Gasteiger partial charge in [0.05, 0.1) is 13.1 Å². The van der Waals surface area contributed by atoms with E-state index in [1.54, 1.807) is 6.92 Å². The molecule has 3 nitrogen and oxygen atoms in total. The molecule has 18 heavy (non-hydrogen) atoms. The average molecular weight is 268 g/mol. The van der Waals surface area contributed by atoms with Crippen LogP contribution in [0.4, 0.5) is 0 Å². The molecule has 0 aliphatic carbocycles. The number of carbonyl (C=O) groups is 1. The molecule has 1 aliphatic rings. The summed E-state index contributed by atoms with van der Waals surface area (Å²) in [4.78, 5) is 11.1. The SMILES string of the molecule is CC(=O)NC[N+]1(Cc2cccc(Cl)c2)CCCC1. The van der Waals surface area contributed by atoms with Crippen LogP contribution in [-0.2, 0) is 11.3 Å². The second kappa shape index (κ2) is 5.72. The van der Waals surface area contributed by atoms with Gasteiger partial charge in [0.25, 0.3) is 0 Å². The van der Waals surface area contributed by atoms with Gasteiger partial charge < -0.3 is 9.80 Å². The van der Waals surface area contributed by atoms with Crippen LogP contribution in [-0.4, -0.2) is 30.1 Å². The standard InChI is InChI=1S/C14H19ClN2O/c1-12(18)16-11-17(7-2-3-8-17)10-13-5-4-6-14(15)9-13/h4-6,9H,2-3,7-8,10-11H2,1H3/p+1. The Morgan fingerprint density at radius 1 is 1.39 bits per heavy atom. The molecule has 0 saturated carbocycles. The minimum atomic E-state index is 0.0468. The fourth-order valence-corrected chi connectivity index (χ4v) is 2.89. The third kappa shape index (κ3) is 3.47. The monoisotopic (exact) mass is 267 g/mol. The molecule has 1 aromatic carbocycles. The zero-order valence-corrected chi connectivity index (χ0v) is 11.5. The van der Waals surface area contributed by atoms with Crippen LogP contribution in [0.15, 0.2) is 24.3 Å². The van der Waals surface area contributed by atoms with E-state index in [-0.39, 0.29) is 5.91 Å². The first kappa shape index (κ1) is 13.4. The number of quaternary nitrogens is 1. The van der Waals surface area contributed by atoms with Crippen molar-refractivity contribution in [1.82, 2.24) is 5.32 Å². The zero-order valence-electron chi connectivity index (χ0n) is 10.8. The molecule has 0 unspecified atom stereocenters. The minimum Gasteiger partial charge on any atom is -0.310 e. The Hall–Kier alpha value is -1.06. The number of hydrogen-bond donors (Lipinski definition) is 1. The van der Waals surface area contributed by atoms with E-state index in [1.165, 1.54) is 18.4 Å². The van der Waals surface area contributed by atoms with Gasteiger partial charge >= 0.3 is 0 Å². The van der Waals surface area contributed by atoms with E-state index in [1.807, 2.05) is 18.2 Å². The Morgan fingerprint density at radius 3 is 2.72 bits per heavy atom. The highest BCUT2D eigenvalue weighted by Crippen LogP contribution is 2.23. The Morgan fingerprint density at radius 2 is 2.11 bits per heavy atom. The fourth-order valence-electron chi connectivity index (χ4n) is 2.68. The van der Waals surface area contributed by atoms with Gasteiger partial charge in [-0.25, -0.2) is 0 Å². The van der Waals surface area contributed by atoms with E-state index in [4.69, 9.17) is 11.6 Å².